The molecule has 0 unspecified atom stereocenters. The van der Waals surface area contributed by atoms with Crippen molar-refractivity contribution < 1.29 is 0 Å². The molecule has 5 aromatic rings. The van der Waals surface area contributed by atoms with Crippen molar-refractivity contribution >= 4 is 41.4 Å². The van der Waals surface area contributed by atoms with Crippen LogP contribution in [0, 0.1) is 0 Å². The second-order valence-electron chi connectivity index (χ2n) is 14.0. The maximum Gasteiger partial charge on any atom is 0.0458 e. The molecular formula is C52H46N2. The highest BCUT2D eigenvalue weighted by Crippen LogP contribution is 2.34. The normalized spacial score (nSPS) is 15.3. The lowest BCUT2D eigenvalue weighted by Crippen LogP contribution is -2.22. The van der Waals surface area contributed by atoms with E-state index in [1.807, 2.05) is 0 Å². The number of rotatable bonds is 11. The maximum atomic E-state index is 2.42. The Bertz CT molecular complexity index is 2270. The number of allylic oxidation sites excluding steroid dienone is 11. The second kappa shape index (κ2) is 17.0. The Hall–Kier alpha value is -6.38. The molecule has 0 saturated carbocycles. The Kier molecular flexibility index (Phi) is 10.9. The van der Waals surface area contributed by atoms with Gasteiger partial charge in [0.25, 0.3) is 0 Å². The minimum atomic E-state index is 1.04. The first kappa shape index (κ1) is 34.7. The van der Waals surface area contributed by atoms with E-state index in [1.54, 1.807) is 0 Å². The van der Waals surface area contributed by atoms with Crippen LogP contribution in [0.4, 0.5) is 17.1 Å². The molecule has 0 heterocycles. The molecule has 0 bridgehead atoms. The summed E-state index contributed by atoms with van der Waals surface area (Å²) >= 11 is 0. The minimum Gasteiger partial charge on any atom is -0.315 e. The molecule has 2 nitrogen and oxygen atoms in total. The smallest absolute Gasteiger partial charge is 0.0458 e. The predicted octanol–water partition coefficient (Wildman–Crippen LogP) is 14.3. The van der Waals surface area contributed by atoms with E-state index in [0.29, 0.717) is 0 Å². The zero-order valence-electron chi connectivity index (χ0n) is 30.8. The van der Waals surface area contributed by atoms with Crippen LogP contribution in [0.2, 0.25) is 0 Å². The van der Waals surface area contributed by atoms with Crippen LogP contribution in [-0.2, 0) is 0 Å². The Balaban J connectivity index is 0.895. The van der Waals surface area contributed by atoms with Crippen molar-refractivity contribution in [3.8, 4) is 11.1 Å². The van der Waals surface area contributed by atoms with Crippen LogP contribution >= 0.6 is 0 Å². The molecular weight excluding hydrogens is 653 g/mol. The molecule has 0 amide bonds. The van der Waals surface area contributed by atoms with E-state index >= 15 is 0 Å². The number of nitrogens with zero attached hydrogens (tertiary/aromatic N) is 2. The Morgan fingerprint density at radius 1 is 0.389 bits per heavy atom. The highest BCUT2D eigenvalue weighted by molar-refractivity contribution is 5.76. The fraction of sp³-hybridized carbons (Fsp3) is 0.115. The maximum absolute atomic E-state index is 2.42. The number of benzene rings is 5. The van der Waals surface area contributed by atoms with E-state index < -0.39 is 0 Å². The van der Waals surface area contributed by atoms with Crippen LogP contribution in [0.3, 0.4) is 0 Å². The molecule has 0 N–H and O–H groups in total. The first-order valence-electron chi connectivity index (χ1n) is 19.3. The molecule has 3 aliphatic carbocycles. The monoisotopic (exact) mass is 698 g/mol. The molecule has 5 aromatic carbocycles. The van der Waals surface area contributed by atoms with Crippen molar-refractivity contribution in [3.63, 3.8) is 0 Å². The van der Waals surface area contributed by atoms with Gasteiger partial charge in [-0.1, -0.05) is 152 Å². The fourth-order valence-corrected chi connectivity index (χ4v) is 7.28. The largest absolute Gasteiger partial charge is 0.315 e. The van der Waals surface area contributed by atoms with E-state index in [4.69, 9.17) is 0 Å². The van der Waals surface area contributed by atoms with Gasteiger partial charge in [0.2, 0.25) is 0 Å². The van der Waals surface area contributed by atoms with Crippen molar-refractivity contribution in [2.75, 3.05) is 9.80 Å². The van der Waals surface area contributed by atoms with E-state index in [9.17, 15) is 0 Å². The summed E-state index contributed by atoms with van der Waals surface area (Å²) in [6.45, 7) is 0. The molecule has 0 radical (unpaired) electrons. The highest BCUT2D eigenvalue weighted by Gasteiger charge is 2.17. The van der Waals surface area contributed by atoms with Crippen LogP contribution < -0.4 is 9.80 Å². The molecule has 3 aliphatic rings. The summed E-state index contributed by atoms with van der Waals surface area (Å²) in [6, 6.07) is 46.1. The quantitative estimate of drug-likeness (QED) is 0.127. The van der Waals surface area contributed by atoms with Crippen LogP contribution in [0.1, 0.15) is 60.8 Å². The number of hydrogen-bond donors (Lipinski definition) is 0. The molecule has 2 heteroatoms. The third kappa shape index (κ3) is 8.46. The van der Waals surface area contributed by atoms with Crippen molar-refractivity contribution in [1.29, 1.82) is 0 Å². The minimum absolute atomic E-state index is 1.04. The van der Waals surface area contributed by atoms with Crippen molar-refractivity contribution in [2.45, 2.75) is 38.5 Å². The van der Waals surface area contributed by atoms with Crippen molar-refractivity contribution in [1.82, 2.24) is 0 Å². The van der Waals surface area contributed by atoms with E-state index in [-0.39, 0.29) is 0 Å². The summed E-state index contributed by atoms with van der Waals surface area (Å²) in [5, 5.41) is 0. The third-order valence-electron chi connectivity index (χ3n) is 10.2. The van der Waals surface area contributed by atoms with Gasteiger partial charge in [-0.05, 0) is 127 Å². The molecule has 8 rings (SSSR count). The predicted molar refractivity (Wildman–Crippen MR) is 233 cm³/mol. The summed E-state index contributed by atoms with van der Waals surface area (Å²) in [5.74, 6) is 0. The Labute approximate surface area is 321 Å². The van der Waals surface area contributed by atoms with Crippen LogP contribution in [0.15, 0.2) is 199 Å². The Morgan fingerprint density at radius 3 is 1.28 bits per heavy atom. The lowest BCUT2D eigenvalue weighted by Gasteiger charge is -2.30. The number of hydrogen-bond acceptors (Lipinski definition) is 2. The molecule has 264 valence electrons. The first-order chi connectivity index (χ1) is 26.8. The summed E-state index contributed by atoms with van der Waals surface area (Å²) in [6.07, 6.45) is 35.5. The van der Waals surface area contributed by atoms with E-state index in [2.05, 4.69) is 216 Å². The van der Waals surface area contributed by atoms with Crippen LogP contribution in [0.5, 0.6) is 0 Å². The lowest BCUT2D eigenvalue weighted by atomic mass is 10.0. The van der Waals surface area contributed by atoms with Gasteiger partial charge in [-0.15, -0.1) is 0 Å². The molecule has 0 atom stereocenters. The topological polar surface area (TPSA) is 6.48 Å². The zero-order valence-corrected chi connectivity index (χ0v) is 30.8. The van der Waals surface area contributed by atoms with Gasteiger partial charge in [-0.2, -0.15) is 0 Å². The van der Waals surface area contributed by atoms with Gasteiger partial charge in [0.1, 0.15) is 0 Å². The Morgan fingerprint density at radius 2 is 0.833 bits per heavy atom. The highest BCUT2D eigenvalue weighted by atomic mass is 15.2. The molecule has 0 aromatic heterocycles. The van der Waals surface area contributed by atoms with Gasteiger partial charge in [-0.25, -0.2) is 0 Å². The first-order valence-corrected chi connectivity index (χ1v) is 19.3. The fourth-order valence-electron chi connectivity index (χ4n) is 7.28. The van der Waals surface area contributed by atoms with Gasteiger partial charge in [0.05, 0.1) is 0 Å². The lowest BCUT2D eigenvalue weighted by molar-refractivity contribution is 0.887. The SMILES string of the molecule is C1=CCCC(N(C2=CCCC=C2)c2ccc(/C=C/c3ccc(-c4ccc(/C=C/c5ccc(N(C6=CC=CCC6)c6ccccc6)cc5)cc4)cc3)cc2)=C1. The van der Waals surface area contributed by atoms with Gasteiger partial charge in [-0.3, -0.25) is 0 Å². The zero-order chi connectivity index (χ0) is 36.4. The average molecular weight is 699 g/mol. The molecule has 0 aliphatic heterocycles. The number of anilines is 3. The summed E-state index contributed by atoms with van der Waals surface area (Å²) < 4.78 is 0. The van der Waals surface area contributed by atoms with Gasteiger partial charge >= 0.3 is 0 Å². The van der Waals surface area contributed by atoms with Crippen LogP contribution in [0.25, 0.3) is 35.4 Å². The van der Waals surface area contributed by atoms with Crippen molar-refractivity contribution in [3.05, 3.63) is 221 Å². The standard InChI is InChI=1S/C52H46N2/c1-5-13-47(14-6-1)53(48-15-7-2-8-16-48)51-37-29-43(30-38-51)23-21-41-25-33-45(34-26-41)46-35-27-42(28-36-46)22-24-44-31-39-52(40-32-44)54(49-17-9-3-10-18-49)50-19-11-4-12-20-50/h1-3,5-7,9,11,13-15,17,19-40H,4,8,10,12,16,18H2/b23-21+,24-22+. The average Bonchev–Trinajstić information content (AvgIpc) is 3.25. The van der Waals surface area contributed by atoms with Gasteiger partial charge in [0, 0.05) is 34.2 Å². The summed E-state index contributed by atoms with van der Waals surface area (Å²) in [5.41, 5.74) is 14.7. The summed E-state index contributed by atoms with van der Waals surface area (Å²) in [7, 11) is 0. The summed E-state index contributed by atoms with van der Waals surface area (Å²) in [4.78, 5) is 4.79. The van der Waals surface area contributed by atoms with Gasteiger partial charge < -0.3 is 9.80 Å². The number of para-hydroxylation sites is 1. The molecule has 0 saturated heterocycles. The van der Waals surface area contributed by atoms with Crippen molar-refractivity contribution in [2.24, 2.45) is 0 Å². The molecule has 0 spiro atoms. The van der Waals surface area contributed by atoms with E-state index in [1.165, 1.54) is 67.5 Å². The van der Waals surface area contributed by atoms with Gasteiger partial charge in [0.15, 0.2) is 0 Å². The third-order valence-corrected chi connectivity index (χ3v) is 10.2. The molecule has 54 heavy (non-hydrogen) atoms. The van der Waals surface area contributed by atoms with E-state index in [0.717, 1.165) is 38.5 Å². The van der Waals surface area contributed by atoms with Crippen LogP contribution in [-0.4, -0.2) is 0 Å². The second-order valence-corrected chi connectivity index (χ2v) is 14.0. The molecule has 0 fully saturated rings.